The second-order valence-electron chi connectivity index (χ2n) is 7.72. The van der Waals surface area contributed by atoms with E-state index in [0.717, 1.165) is 11.3 Å². The van der Waals surface area contributed by atoms with Crippen molar-refractivity contribution in [1.82, 2.24) is 29.7 Å². The summed E-state index contributed by atoms with van der Waals surface area (Å²) in [5, 5.41) is 38.5. The molecule has 3 aromatic heterocycles. The van der Waals surface area contributed by atoms with Crippen molar-refractivity contribution < 1.29 is 9.47 Å². The van der Waals surface area contributed by atoms with E-state index < -0.39 is 0 Å². The summed E-state index contributed by atoms with van der Waals surface area (Å²) in [6, 6.07) is 11.9. The Balaban J connectivity index is 1.79. The normalized spacial score (nSPS) is 10.6. The maximum Gasteiger partial charge on any atom is 0.324 e. The number of hydrogen-bond acceptors (Lipinski definition) is 13. The van der Waals surface area contributed by atoms with Crippen LogP contribution in [-0.4, -0.2) is 51.0 Å². The molecule has 0 bridgehead atoms. The SMILES string of the molecule is CNc1nc(Nc2ccc(C)cc2)c(C#N)c(C)c1N=Nc1c(C#N)cnn1-c1nc(OC)nc(OC)n1. The Hall–Kier alpha value is -5.63. The highest BCUT2D eigenvalue weighted by Gasteiger charge is 2.20. The summed E-state index contributed by atoms with van der Waals surface area (Å²) in [6.45, 7) is 3.73. The Morgan fingerprint density at radius 1 is 0.895 bits per heavy atom. The zero-order chi connectivity index (χ0) is 27.2. The van der Waals surface area contributed by atoms with Crippen LogP contribution < -0.4 is 20.1 Å². The first kappa shape index (κ1) is 25.5. The van der Waals surface area contributed by atoms with Crippen LogP contribution >= 0.6 is 0 Å². The van der Waals surface area contributed by atoms with Gasteiger partial charge < -0.3 is 20.1 Å². The monoisotopic (exact) mass is 510 g/mol. The number of hydrogen-bond donors (Lipinski definition) is 2. The summed E-state index contributed by atoms with van der Waals surface area (Å²) in [6.07, 6.45) is 1.30. The number of methoxy groups -OCH3 is 2. The van der Waals surface area contributed by atoms with Crippen molar-refractivity contribution >= 4 is 28.8 Å². The van der Waals surface area contributed by atoms with Gasteiger partial charge in [-0.05, 0) is 26.0 Å². The molecule has 4 rings (SSSR count). The second kappa shape index (κ2) is 11.0. The van der Waals surface area contributed by atoms with Gasteiger partial charge in [-0.15, -0.1) is 15.2 Å². The molecular weight excluding hydrogens is 488 g/mol. The number of ether oxygens (including phenoxy) is 2. The summed E-state index contributed by atoms with van der Waals surface area (Å²) >= 11 is 0. The van der Waals surface area contributed by atoms with E-state index in [2.05, 4.69) is 52.0 Å². The summed E-state index contributed by atoms with van der Waals surface area (Å²) in [5.41, 5.74) is 3.12. The van der Waals surface area contributed by atoms with Gasteiger partial charge in [0, 0.05) is 18.3 Å². The minimum Gasteiger partial charge on any atom is -0.467 e. The molecule has 0 fully saturated rings. The van der Waals surface area contributed by atoms with Crippen LogP contribution in [0.25, 0.3) is 5.95 Å². The molecule has 0 aliphatic rings. The molecule has 0 saturated carbocycles. The number of pyridine rings is 1. The Labute approximate surface area is 217 Å². The highest BCUT2D eigenvalue weighted by atomic mass is 16.5. The number of anilines is 3. The lowest BCUT2D eigenvalue weighted by Gasteiger charge is -2.14. The van der Waals surface area contributed by atoms with E-state index in [-0.39, 0.29) is 29.4 Å². The zero-order valence-electron chi connectivity index (χ0n) is 21.2. The van der Waals surface area contributed by atoms with Crippen molar-refractivity contribution in [3.05, 3.63) is 52.7 Å². The number of azo groups is 1. The summed E-state index contributed by atoms with van der Waals surface area (Å²) < 4.78 is 11.4. The standard InChI is InChI=1S/C24H22N12O2/c1-13-6-8-16(9-7-13)29-19-17(11-26)14(2)18(20(27-3)30-19)34-35-21-15(10-25)12-28-36(21)22-31-23(37-4)33-24(32-22)38-5/h6-9,12H,1-5H3,(H2,27,29,30). The number of rotatable bonds is 8. The van der Waals surface area contributed by atoms with Crippen LogP contribution in [0, 0.1) is 36.5 Å². The number of nitrogens with one attached hydrogen (secondary N) is 2. The average molecular weight is 511 g/mol. The van der Waals surface area contributed by atoms with Gasteiger partial charge in [-0.2, -0.15) is 30.3 Å². The molecule has 14 heteroatoms. The van der Waals surface area contributed by atoms with Crippen molar-refractivity contribution in [1.29, 1.82) is 10.5 Å². The molecule has 1 aromatic carbocycles. The third-order valence-electron chi connectivity index (χ3n) is 5.32. The highest BCUT2D eigenvalue weighted by molar-refractivity contribution is 5.76. The molecule has 4 aromatic rings. The lowest BCUT2D eigenvalue weighted by atomic mass is 10.1. The molecule has 38 heavy (non-hydrogen) atoms. The maximum absolute atomic E-state index is 9.91. The minimum atomic E-state index is -0.0170. The third kappa shape index (κ3) is 5.00. The number of aromatic nitrogens is 6. The Morgan fingerprint density at radius 3 is 2.16 bits per heavy atom. The summed E-state index contributed by atoms with van der Waals surface area (Å²) in [4.78, 5) is 16.8. The predicted octanol–water partition coefficient (Wildman–Crippen LogP) is 4.03. The lowest BCUT2D eigenvalue weighted by Crippen LogP contribution is -2.07. The molecule has 190 valence electrons. The van der Waals surface area contributed by atoms with Gasteiger partial charge in [0.25, 0.3) is 5.95 Å². The van der Waals surface area contributed by atoms with Crippen LogP contribution in [0.5, 0.6) is 12.0 Å². The first-order chi connectivity index (χ1) is 18.4. The van der Waals surface area contributed by atoms with Crippen LogP contribution in [-0.2, 0) is 0 Å². The first-order valence-corrected chi connectivity index (χ1v) is 11.1. The number of benzene rings is 1. The van der Waals surface area contributed by atoms with E-state index in [4.69, 9.17) is 9.47 Å². The molecule has 2 N–H and O–H groups in total. The van der Waals surface area contributed by atoms with Crippen LogP contribution in [0.1, 0.15) is 22.3 Å². The predicted molar refractivity (Wildman–Crippen MR) is 137 cm³/mol. The van der Waals surface area contributed by atoms with Gasteiger partial charge in [0.15, 0.2) is 17.5 Å². The average Bonchev–Trinajstić information content (AvgIpc) is 3.36. The first-order valence-electron chi connectivity index (χ1n) is 11.1. The summed E-state index contributed by atoms with van der Waals surface area (Å²) in [5.74, 6) is 0.782. The highest BCUT2D eigenvalue weighted by Crippen LogP contribution is 2.36. The van der Waals surface area contributed by atoms with E-state index >= 15 is 0 Å². The van der Waals surface area contributed by atoms with Crippen LogP contribution in [0.2, 0.25) is 0 Å². The van der Waals surface area contributed by atoms with Gasteiger partial charge in [-0.25, -0.2) is 4.98 Å². The lowest BCUT2D eigenvalue weighted by molar-refractivity contribution is 0.338. The molecule has 0 unspecified atom stereocenters. The quantitative estimate of drug-likeness (QED) is 0.326. The topological polar surface area (TPSA) is 184 Å². The van der Waals surface area contributed by atoms with Gasteiger partial charge >= 0.3 is 12.0 Å². The molecule has 0 spiro atoms. The Kier molecular flexibility index (Phi) is 7.35. The molecule has 0 aliphatic carbocycles. The minimum absolute atomic E-state index is 0.00296. The van der Waals surface area contributed by atoms with E-state index in [1.165, 1.54) is 25.1 Å². The van der Waals surface area contributed by atoms with Crippen molar-refractivity contribution in [2.45, 2.75) is 13.8 Å². The molecule has 3 heterocycles. The van der Waals surface area contributed by atoms with Crippen LogP contribution in [0.4, 0.5) is 28.8 Å². The third-order valence-corrected chi connectivity index (χ3v) is 5.32. The molecule has 14 nitrogen and oxygen atoms in total. The van der Waals surface area contributed by atoms with Gasteiger partial charge in [0.2, 0.25) is 0 Å². The fraction of sp³-hybridized carbons (Fsp3) is 0.208. The molecule has 0 radical (unpaired) electrons. The van der Waals surface area contributed by atoms with E-state index in [0.29, 0.717) is 28.5 Å². The zero-order valence-corrected chi connectivity index (χ0v) is 21.2. The molecule has 0 atom stereocenters. The largest absolute Gasteiger partial charge is 0.467 e. The maximum atomic E-state index is 9.91. The van der Waals surface area contributed by atoms with Crippen molar-refractivity contribution in [2.24, 2.45) is 10.2 Å². The van der Waals surface area contributed by atoms with Gasteiger partial charge in [0.05, 0.1) is 26.0 Å². The van der Waals surface area contributed by atoms with Gasteiger partial charge in [-0.1, -0.05) is 17.7 Å². The second-order valence-corrected chi connectivity index (χ2v) is 7.72. The van der Waals surface area contributed by atoms with E-state index in [1.54, 1.807) is 14.0 Å². The molecular formula is C24H22N12O2. The number of nitriles is 2. The van der Waals surface area contributed by atoms with Crippen molar-refractivity contribution in [3.8, 4) is 30.1 Å². The van der Waals surface area contributed by atoms with E-state index in [9.17, 15) is 10.5 Å². The molecule has 0 amide bonds. The Bertz CT molecular complexity index is 1570. The fourth-order valence-corrected chi connectivity index (χ4v) is 3.36. The smallest absolute Gasteiger partial charge is 0.324 e. The van der Waals surface area contributed by atoms with Crippen LogP contribution in [0.3, 0.4) is 0 Å². The summed E-state index contributed by atoms with van der Waals surface area (Å²) in [7, 11) is 4.46. The Morgan fingerprint density at radius 2 is 1.58 bits per heavy atom. The number of aryl methyl sites for hydroxylation is 1. The van der Waals surface area contributed by atoms with E-state index in [1.807, 2.05) is 37.3 Å². The van der Waals surface area contributed by atoms with Crippen molar-refractivity contribution in [3.63, 3.8) is 0 Å². The van der Waals surface area contributed by atoms with Gasteiger partial charge in [-0.3, -0.25) is 0 Å². The fourth-order valence-electron chi connectivity index (χ4n) is 3.36. The molecule has 0 aliphatic heterocycles. The van der Waals surface area contributed by atoms with Crippen molar-refractivity contribution in [2.75, 3.05) is 31.9 Å². The molecule has 0 saturated heterocycles. The number of nitrogens with zero attached hydrogens (tertiary/aromatic N) is 10. The van der Waals surface area contributed by atoms with Gasteiger partial charge in [0.1, 0.15) is 23.4 Å². The van der Waals surface area contributed by atoms with Crippen LogP contribution in [0.15, 0.2) is 40.7 Å².